The van der Waals surface area contributed by atoms with E-state index in [1.54, 1.807) is 26.4 Å². The molecule has 0 fully saturated rings. The SMILES string of the molecule is COc1ccc2c(c1OC)CC(N)C(=O)N2. The summed E-state index contributed by atoms with van der Waals surface area (Å²) in [6.45, 7) is 0. The highest BCUT2D eigenvalue weighted by atomic mass is 16.5. The molecule has 5 nitrogen and oxygen atoms in total. The Hall–Kier alpha value is -1.75. The number of fused-ring (bicyclic) bond motifs is 1. The van der Waals surface area contributed by atoms with Gasteiger partial charge in [-0.15, -0.1) is 0 Å². The zero-order valence-electron chi connectivity index (χ0n) is 9.24. The van der Waals surface area contributed by atoms with Gasteiger partial charge in [-0.05, 0) is 12.1 Å². The third-order valence-corrected chi connectivity index (χ3v) is 2.67. The van der Waals surface area contributed by atoms with E-state index < -0.39 is 6.04 Å². The first-order chi connectivity index (χ1) is 7.67. The van der Waals surface area contributed by atoms with E-state index in [1.807, 2.05) is 0 Å². The minimum atomic E-state index is -0.534. The Balaban J connectivity index is 2.51. The maximum absolute atomic E-state index is 11.4. The van der Waals surface area contributed by atoms with Crippen LogP contribution in [0.4, 0.5) is 5.69 Å². The van der Waals surface area contributed by atoms with Crippen LogP contribution in [-0.4, -0.2) is 26.2 Å². The highest BCUT2D eigenvalue weighted by Crippen LogP contribution is 2.38. The van der Waals surface area contributed by atoms with Gasteiger partial charge in [-0.1, -0.05) is 0 Å². The Kier molecular flexibility index (Phi) is 2.70. The van der Waals surface area contributed by atoms with Crippen molar-refractivity contribution < 1.29 is 14.3 Å². The Morgan fingerprint density at radius 3 is 2.75 bits per heavy atom. The number of carbonyl (C=O) groups excluding carboxylic acids is 1. The van der Waals surface area contributed by atoms with Crippen LogP contribution in [0.25, 0.3) is 0 Å². The third kappa shape index (κ3) is 1.59. The summed E-state index contributed by atoms with van der Waals surface area (Å²) in [7, 11) is 3.14. The van der Waals surface area contributed by atoms with E-state index >= 15 is 0 Å². The van der Waals surface area contributed by atoms with Gasteiger partial charge in [-0.2, -0.15) is 0 Å². The smallest absolute Gasteiger partial charge is 0.241 e. The molecule has 1 aliphatic rings. The lowest BCUT2D eigenvalue weighted by atomic mass is 9.98. The molecule has 0 spiro atoms. The van der Waals surface area contributed by atoms with Crippen molar-refractivity contribution in [2.75, 3.05) is 19.5 Å². The largest absolute Gasteiger partial charge is 0.493 e. The van der Waals surface area contributed by atoms with Gasteiger partial charge in [0, 0.05) is 17.7 Å². The highest BCUT2D eigenvalue weighted by molar-refractivity contribution is 5.98. The zero-order valence-corrected chi connectivity index (χ0v) is 9.24. The standard InChI is InChI=1S/C11H14N2O3/c1-15-9-4-3-8-6(10(9)16-2)5-7(12)11(14)13-8/h3-4,7H,5,12H2,1-2H3,(H,13,14). The Labute approximate surface area is 93.5 Å². The van der Waals surface area contributed by atoms with Gasteiger partial charge < -0.3 is 20.5 Å². The summed E-state index contributed by atoms with van der Waals surface area (Å²) in [6, 6.07) is 3.02. The van der Waals surface area contributed by atoms with Crippen molar-refractivity contribution in [2.45, 2.75) is 12.5 Å². The number of anilines is 1. The van der Waals surface area contributed by atoms with Gasteiger partial charge in [0.05, 0.1) is 20.3 Å². The van der Waals surface area contributed by atoms with Gasteiger partial charge in [0.1, 0.15) is 0 Å². The summed E-state index contributed by atoms with van der Waals surface area (Å²) in [5.74, 6) is 1.11. The molecule has 1 unspecified atom stereocenters. The molecule has 1 amide bonds. The molecule has 1 aromatic rings. The molecule has 0 bridgehead atoms. The van der Waals surface area contributed by atoms with Crippen molar-refractivity contribution >= 4 is 11.6 Å². The predicted octanol–water partition coefficient (Wildman–Crippen LogP) is 0.526. The molecule has 5 heteroatoms. The van der Waals surface area contributed by atoms with Crippen LogP contribution >= 0.6 is 0 Å². The monoisotopic (exact) mass is 222 g/mol. The second-order valence-electron chi connectivity index (χ2n) is 3.63. The predicted molar refractivity (Wildman–Crippen MR) is 59.9 cm³/mol. The van der Waals surface area contributed by atoms with Crippen LogP contribution in [0.3, 0.4) is 0 Å². The van der Waals surface area contributed by atoms with E-state index in [-0.39, 0.29) is 5.91 Å². The first-order valence-electron chi connectivity index (χ1n) is 4.97. The number of benzene rings is 1. The number of hydrogen-bond donors (Lipinski definition) is 2. The molecule has 1 aliphatic heterocycles. The summed E-state index contributed by atoms with van der Waals surface area (Å²) in [6.07, 6.45) is 0.460. The maximum atomic E-state index is 11.4. The average Bonchev–Trinajstić information content (AvgIpc) is 2.29. The molecule has 0 aromatic heterocycles. The number of rotatable bonds is 2. The van der Waals surface area contributed by atoms with Gasteiger partial charge in [-0.3, -0.25) is 4.79 Å². The fraction of sp³-hybridized carbons (Fsp3) is 0.364. The number of methoxy groups -OCH3 is 2. The first-order valence-corrected chi connectivity index (χ1v) is 4.97. The van der Waals surface area contributed by atoms with Crippen molar-refractivity contribution in [3.63, 3.8) is 0 Å². The van der Waals surface area contributed by atoms with E-state index in [9.17, 15) is 4.79 Å². The van der Waals surface area contributed by atoms with Crippen LogP contribution in [0.5, 0.6) is 11.5 Å². The van der Waals surface area contributed by atoms with Crippen LogP contribution in [0.1, 0.15) is 5.56 Å². The minimum absolute atomic E-state index is 0.167. The highest BCUT2D eigenvalue weighted by Gasteiger charge is 2.26. The summed E-state index contributed by atoms with van der Waals surface area (Å²) in [4.78, 5) is 11.4. The molecule has 0 saturated heterocycles. The second kappa shape index (κ2) is 4.02. The quantitative estimate of drug-likeness (QED) is 0.765. The van der Waals surface area contributed by atoms with Gasteiger partial charge >= 0.3 is 0 Å². The molecule has 1 aromatic carbocycles. The summed E-state index contributed by atoms with van der Waals surface area (Å²) in [5.41, 5.74) is 7.32. The number of amides is 1. The molecule has 86 valence electrons. The van der Waals surface area contributed by atoms with E-state index in [1.165, 1.54) is 0 Å². The van der Waals surface area contributed by atoms with Crippen LogP contribution in [-0.2, 0) is 11.2 Å². The third-order valence-electron chi connectivity index (χ3n) is 2.67. The van der Waals surface area contributed by atoms with Gasteiger partial charge in [0.2, 0.25) is 5.91 Å². The molecule has 3 N–H and O–H groups in total. The Morgan fingerprint density at radius 2 is 2.12 bits per heavy atom. The van der Waals surface area contributed by atoms with Crippen LogP contribution in [0, 0.1) is 0 Å². The van der Waals surface area contributed by atoms with Gasteiger partial charge in [0.15, 0.2) is 11.5 Å². The van der Waals surface area contributed by atoms with Crippen molar-refractivity contribution in [1.29, 1.82) is 0 Å². The summed E-state index contributed by atoms with van der Waals surface area (Å²) >= 11 is 0. The zero-order chi connectivity index (χ0) is 11.7. The van der Waals surface area contributed by atoms with E-state index in [2.05, 4.69) is 5.32 Å². The number of hydrogen-bond acceptors (Lipinski definition) is 4. The number of carbonyl (C=O) groups is 1. The second-order valence-corrected chi connectivity index (χ2v) is 3.63. The molecular weight excluding hydrogens is 208 g/mol. The summed E-state index contributed by atoms with van der Waals surface area (Å²) in [5, 5.41) is 2.74. The molecule has 0 radical (unpaired) electrons. The van der Waals surface area contributed by atoms with E-state index in [0.29, 0.717) is 17.9 Å². The van der Waals surface area contributed by atoms with Crippen molar-refractivity contribution in [1.82, 2.24) is 0 Å². The Morgan fingerprint density at radius 1 is 1.38 bits per heavy atom. The molecule has 0 saturated carbocycles. The van der Waals surface area contributed by atoms with Crippen LogP contribution < -0.4 is 20.5 Å². The lowest BCUT2D eigenvalue weighted by Crippen LogP contribution is -2.41. The van der Waals surface area contributed by atoms with Crippen molar-refractivity contribution in [3.8, 4) is 11.5 Å². The van der Waals surface area contributed by atoms with Crippen LogP contribution in [0.2, 0.25) is 0 Å². The lowest BCUT2D eigenvalue weighted by Gasteiger charge is -2.24. The number of nitrogens with one attached hydrogen (secondary N) is 1. The molecular formula is C11H14N2O3. The topological polar surface area (TPSA) is 73.6 Å². The number of ether oxygens (including phenoxy) is 2. The number of nitrogens with two attached hydrogens (primary N) is 1. The normalized spacial score (nSPS) is 18.7. The molecule has 0 aliphatic carbocycles. The minimum Gasteiger partial charge on any atom is -0.493 e. The summed E-state index contributed by atoms with van der Waals surface area (Å²) < 4.78 is 10.5. The van der Waals surface area contributed by atoms with Gasteiger partial charge in [-0.25, -0.2) is 0 Å². The average molecular weight is 222 g/mol. The fourth-order valence-corrected chi connectivity index (χ4v) is 1.85. The van der Waals surface area contributed by atoms with Gasteiger partial charge in [0.25, 0.3) is 0 Å². The molecule has 2 rings (SSSR count). The maximum Gasteiger partial charge on any atom is 0.241 e. The van der Waals surface area contributed by atoms with E-state index in [0.717, 1.165) is 11.3 Å². The van der Waals surface area contributed by atoms with Crippen molar-refractivity contribution in [2.24, 2.45) is 5.73 Å². The molecule has 1 heterocycles. The van der Waals surface area contributed by atoms with Crippen molar-refractivity contribution in [3.05, 3.63) is 17.7 Å². The van der Waals surface area contributed by atoms with E-state index in [4.69, 9.17) is 15.2 Å². The first kappa shape index (κ1) is 10.8. The molecule has 1 atom stereocenters. The fourth-order valence-electron chi connectivity index (χ4n) is 1.85. The lowest BCUT2D eigenvalue weighted by molar-refractivity contribution is -0.117. The molecule has 16 heavy (non-hydrogen) atoms. The Bertz CT molecular complexity index is 431. The van der Waals surface area contributed by atoms with Crippen LogP contribution in [0.15, 0.2) is 12.1 Å².